The highest BCUT2D eigenvalue weighted by Gasteiger charge is 2.51. The Bertz CT molecular complexity index is 564. The Morgan fingerprint density at radius 2 is 1.87 bits per heavy atom. The lowest BCUT2D eigenvalue weighted by Crippen LogP contribution is -2.55. The second-order valence-corrected chi connectivity index (χ2v) is 8.13. The molecule has 9 nitrogen and oxygen atoms in total. The van der Waals surface area contributed by atoms with Crippen molar-refractivity contribution in [1.29, 1.82) is 0 Å². The van der Waals surface area contributed by atoms with Crippen molar-refractivity contribution >= 4 is 17.8 Å². The van der Waals surface area contributed by atoms with Crippen molar-refractivity contribution in [1.82, 2.24) is 10.6 Å². The fourth-order valence-electron chi connectivity index (χ4n) is 4.60. The van der Waals surface area contributed by atoms with Crippen molar-refractivity contribution < 1.29 is 19.4 Å². The van der Waals surface area contributed by atoms with Crippen LogP contribution in [0.3, 0.4) is 0 Å². The lowest BCUT2D eigenvalue weighted by atomic mass is 9.79. The molecular weight excluding hydrogens is 386 g/mol. The molecule has 1 rings (SSSR count). The van der Waals surface area contributed by atoms with Crippen molar-refractivity contribution in [2.45, 2.75) is 77.9 Å². The summed E-state index contributed by atoms with van der Waals surface area (Å²) in [6.07, 6.45) is 4.10. The third-order valence-electron chi connectivity index (χ3n) is 6.03. The molecule has 9 heteroatoms. The number of unbranched alkanes of at least 4 members (excludes halogenated alkanes) is 1. The highest BCUT2D eigenvalue weighted by Crippen LogP contribution is 2.39. The number of hydrogen-bond acceptors (Lipinski definition) is 5. The van der Waals surface area contributed by atoms with E-state index in [2.05, 4.69) is 36.4 Å². The molecule has 0 aromatic rings. The molecule has 0 saturated heterocycles. The maximum Gasteiger partial charge on any atom is 0.308 e. The third-order valence-corrected chi connectivity index (χ3v) is 6.03. The number of carboxylic acids is 1. The molecule has 0 aromatic carbocycles. The topological polar surface area (TPSA) is 152 Å². The van der Waals surface area contributed by atoms with Crippen molar-refractivity contribution in [3.05, 3.63) is 0 Å². The molecule has 0 aromatic heterocycles. The summed E-state index contributed by atoms with van der Waals surface area (Å²) in [5.74, 6) is -1.79. The van der Waals surface area contributed by atoms with Gasteiger partial charge in [-0.3, -0.25) is 9.59 Å². The molecule has 30 heavy (non-hydrogen) atoms. The Balaban J connectivity index is 3.17. The highest BCUT2D eigenvalue weighted by molar-refractivity contribution is 5.77. The van der Waals surface area contributed by atoms with Crippen LogP contribution in [0, 0.1) is 17.8 Å². The average Bonchev–Trinajstić information content (AvgIpc) is 3.01. The van der Waals surface area contributed by atoms with Crippen LogP contribution in [0.4, 0.5) is 0 Å². The van der Waals surface area contributed by atoms with Gasteiger partial charge in [-0.2, -0.15) is 0 Å². The number of ether oxygens (including phenoxy) is 1. The van der Waals surface area contributed by atoms with Crippen LogP contribution in [0.15, 0.2) is 4.99 Å². The lowest BCUT2D eigenvalue weighted by molar-refractivity contribution is -0.142. The van der Waals surface area contributed by atoms with E-state index in [0.717, 1.165) is 25.7 Å². The zero-order valence-corrected chi connectivity index (χ0v) is 18.9. The van der Waals surface area contributed by atoms with E-state index in [1.165, 1.54) is 6.92 Å². The summed E-state index contributed by atoms with van der Waals surface area (Å²) in [6, 6.07) is -0.983. The van der Waals surface area contributed by atoms with Gasteiger partial charge in [0.05, 0.1) is 18.6 Å². The molecular formula is C21H41N5O4. The van der Waals surface area contributed by atoms with Crippen LogP contribution in [0.5, 0.6) is 0 Å². The summed E-state index contributed by atoms with van der Waals surface area (Å²) in [5, 5.41) is 16.3. The van der Waals surface area contributed by atoms with Crippen LogP contribution in [0.25, 0.3) is 0 Å². The van der Waals surface area contributed by atoms with Gasteiger partial charge >= 0.3 is 5.97 Å². The second kappa shape index (κ2) is 13.4. The van der Waals surface area contributed by atoms with Gasteiger partial charge in [0, 0.05) is 38.1 Å². The van der Waals surface area contributed by atoms with Crippen LogP contribution >= 0.6 is 0 Å². The Morgan fingerprint density at radius 3 is 2.37 bits per heavy atom. The van der Waals surface area contributed by atoms with E-state index in [4.69, 9.17) is 16.2 Å². The van der Waals surface area contributed by atoms with Gasteiger partial charge in [0.2, 0.25) is 5.91 Å². The van der Waals surface area contributed by atoms with Gasteiger partial charge in [0.25, 0.3) is 0 Å². The van der Waals surface area contributed by atoms with Crippen molar-refractivity contribution in [2.75, 3.05) is 19.8 Å². The Kier molecular flexibility index (Phi) is 11.7. The molecule has 0 radical (unpaired) electrons. The molecule has 0 aliphatic heterocycles. The SMILES string of the molecule is CCCCOCCN[C@H]1[C@@H]([C@H](NC(C)=O)C(CC)CC)[C@H](N=C(N)N)C[C@@H]1C(=O)O. The zero-order valence-electron chi connectivity index (χ0n) is 18.9. The smallest absolute Gasteiger partial charge is 0.308 e. The molecule has 0 heterocycles. The Hall–Kier alpha value is -1.87. The van der Waals surface area contributed by atoms with Crippen LogP contribution < -0.4 is 22.1 Å². The number of nitrogens with one attached hydrogen (secondary N) is 2. The number of aliphatic carboxylic acids is 1. The second-order valence-electron chi connectivity index (χ2n) is 8.13. The number of carboxylic acid groups (broad SMARTS) is 1. The monoisotopic (exact) mass is 427 g/mol. The number of aliphatic imine (C=N–C) groups is 1. The molecule has 0 unspecified atom stereocenters. The summed E-state index contributed by atoms with van der Waals surface area (Å²) in [6.45, 7) is 9.45. The molecule has 1 aliphatic rings. The summed E-state index contributed by atoms with van der Waals surface area (Å²) >= 11 is 0. The molecule has 1 saturated carbocycles. The Labute approximate surface area is 180 Å². The fourth-order valence-corrected chi connectivity index (χ4v) is 4.60. The normalized spacial score (nSPS) is 24.6. The molecule has 5 atom stereocenters. The predicted octanol–water partition coefficient (Wildman–Crippen LogP) is 1.06. The van der Waals surface area contributed by atoms with Gasteiger partial charge in [-0.25, -0.2) is 4.99 Å². The summed E-state index contributed by atoms with van der Waals surface area (Å²) in [4.78, 5) is 28.4. The van der Waals surface area contributed by atoms with Crippen LogP contribution in [-0.2, 0) is 14.3 Å². The van der Waals surface area contributed by atoms with E-state index >= 15 is 0 Å². The van der Waals surface area contributed by atoms with Gasteiger partial charge in [-0.05, 0) is 18.8 Å². The first-order chi connectivity index (χ1) is 14.3. The van der Waals surface area contributed by atoms with Gasteiger partial charge < -0.3 is 31.9 Å². The minimum atomic E-state index is -0.885. The van der Waals surface area contributed by atoms with Crippen molar-refractivity contribution in [3.63, 3.8) is 0 Å². The van der Waals surface area contributed by atoms with E-state index in [1.54, 1.807) is 0 Å². The third kappa shape index (κ3) is 7.75. The minimum Gasteiger partial charge on any atom is -0.481 e. The number of carbonyl (C=O) groups is 2. The maximum absolute atomic E-state index is 12.0. The zero-order chi connectivity index (χ0) is 22.7. The Morgan fingerprint density at radius 1 is 1.20 bits per heavy atom. The van der Waals surface area contributed by atoms with Crippen LogP contribution in [-0.4, -0.2) is 60.8 Å². The molecule has 0 spiro atoms. The molecule has 1 amide bonds. The van der Waals surface area contributed by atoms with Crippen molar-refractivity contribution in [3.8, 4) is 0 Å². The van der Waals surface area contributed by atoms with E-state index in [0.29, 0.717) is 26.2 Å². The van der Waals surface area contributed by atoms with Gasteiger partial charge in [-0.1, -0.05) is 40.0 Å². The molecule has 1 fully saturated rings. The molecule has 174 valence electrons. The van der Waals surface area contributed by atoms with E-state index in [-0.39, 0.29) is 41.8 Å². The largest absolute Gasteiger partial charge is 0.481 e. The number of nitrogens with zero attached hydrogens (tertiary/aromatic N) is 1. The maximum atomic E-state index is 12.0. The van der Waals surface area contributed by atoms with Gasteiger partial charge in [-0.15, -0.1) is 0 Å². The van der Waals surface area contributed by atoms with E-state index < -0.39 is 11.9 Å². The van der Waals surface area contributed by atoms with E-state index in [1.807, 2.05) is 0 Å². The minimum absolute atomic E-state index is 0.0659. The number of amides is 1. The number of carbonyl (C=O) groups excluding carboxylic acids is 1. The first-order valence-electron chi connectivity index (χ1n) is 11.2. The number of guanidine groups is 1. The highest BCUT2D eigenvalue weighted by atomic mass is 16.5. The fraction of sp³-hybridized carbons (Fsp3) is 0.857. The quantitative estimate of drug-likeness (QED) is 0.158. The first kappa shape index (κ1) is 26.2. The summed E-state index contributed by atoms with van der Waals surface area (Å²) < 4.78 is 5.62. The number of hydrogen-bond donors (Lipinski definition) is 5. The predicted molar refractivity (Wildman–Crippen MR) is 118 cm³/mol. The lowest BCUT2D eigenvalue weighted by Gasteiger charge is -2.37. The number of rotatable bonds is 14. The molecule has 1 aliphatic carbocycles. The molecule has 7 N–H and O–H groups in total. The number of nitrogens with two attached hydrogens (primary N) is 2. The standard InChI is InChI=1S/C21H41N5O4/c1-5-8-10-30-11-9-24-19-15(20(28)29)12-16(26-21(22)23)17(19)18(25-13(4)27)14(6-2)7-3/h14-19,24H,5-12H2,1-4H3,(H,25,27)(H,28,29)(H4,22,23,26)/t15-,16+,17+,18+,19+/m0/s1. The van der Waals surface area contributed by atoms with Crippen LogP contribution in [0.1, 0.15) is 59.8 Å². The van der Waals surface area contributed by atoms with Crippen LogP contribution in [0.2, 0.25) is 0 Å². The first-order valence-corrected chi connectivity index (χ1v) is 11.2. The molecule has 0 bridgehead atoms. The van der Waals surface area contributed by atoms with E-state index in [9.17, 15) is 14.7 Å². The average molecular weight is 428 g/mol. The van der Waals surface area contributed by atoms with Gasteiger partial charge in [0.1, 0.15) is 0 Å². The summed E-state index contributed by atoms with van der Waals surface area (Å²) in [5.41, 5.74) is 11.3. The van der Waals surface area contributed by atoms with Gasteiger partial charge in [0.15, 0.2) is 5.96 Å². The van der Waals surface area contributed by atoms with Crippen molar-refractivity contribution in [2.24, 2.45) is 34.2 Å². The summed E-state index contributed by atoms with van der Waals surface area (Å²) in [7, 11) is 0.